The fraction of sp³-hybridized carbons (Fsp3) is 0.471. The molecule has 24 heavy (non-hydrogen) atoms. The van der Waals surface area contributed by atoms with Gasteiger partial charge >= 0.3 is 5.97 Å². The largest absolute Gasteiger partial charge is 0.493 e. The van der Waals surface area contributed by atoms with Crippen molar-refractivity contribution in [3.05, 3.63) is 23.8 Å². The maximum Gasteiger partial charge on any atom is 0.338 e. The first kappa shape index (κ1) is 19.3. The zero-order chi connectivity index (χ0) is 18.3. The third-order valence-electron chi connectivity index (χ3n) is 3.74. The molecule has 0 bridgehead atoms. The van der Waals surface area contributed by atoms with Gasteiger partial charge in [-0.05, 0) is 31.0 Å². The van der Waals surface area contributed by atoms with Crippen molar-refractivity contribution in [2.75, 3.05) is 20.8 Å². The molecular weight excluding hydrogens is 312 g/mol. The van der Waals surface area contributed by atoms with E-state index in [1.807, 2.05) is 13.8 Å². The minimum Gasteiger partial charge on any atom is -0.493 e. The van der Waals surface area contributed by atoms with Gasteiger partial charge in [0.05, 0.1) is 25.9 Å². The van der Waals surface area contributed by atoms with Gasteiger partial charge in [0.2, 0.25) is 0 Å². The second-order valence-corrected chi connectivity index (χ2v) is 5.66. The predicted molar refractivity (Wildman–Crippen MR) is 86.8 cm³/mol. The fourth-order valence-corrected chi connectivity index (χ4v) is 1.80. The maximum absolute atomic E-state index is 12.0. The minimum atomic E-state index is -1.02. The van der Waals surface area contributed by atoms with Crippen molar-refractivity contribution >= 4 is 11.9 Å². The van der Waals surface area contributed by atoms with Crippen LogP contribution in [0.4, 0.5) is 0 Å². The Morgan fingerprint density at radius 1 is 1.25 bits per heavy atom. The highest BCUT2D eigenvalue weighted by Gasteiger charge is 2.30. The van der Waals surface area contributed by atoms with Crippen molar-refractivity contribution in [1.29, 1.82) is 5.26 Å². The molecule has 0 fully saturated rings. The van der Waals surface area contributed by atoms with E-state index < -0.39 is 24.0 Å². The molecule has 130 valence electrons. The SMILES string of the molecule is COc1ccc(C(=O)OCC(=O)N[C@](C)(C#N)C(C)C)cc1OC. The Labute approximate surface area is 141 Å². The Hall–Kier alpha value is -2.75. The van der Waals surface area contributed by atoms with Gasteiger partial charge in [-0.3, -0.25) is 4.79 Å². The Balaban J connectivity index is 2.70. The van der Waals surface area contributed by atoms with Crippen molar-refractivity contribution in [2.24, 2.45) is 5.92 Å². The van der Waals surface area contributed by atoms with Crippen LogP contribution in [0, 0.1) is 17.2 Å². The molecule has 7 nitrogen and oxygen atoms in total. The lowest BCUT2D eigenvalue weighted by Crippen LogP contribution is -2.50. The number of rotatable bonds is 7. The Morgan fingerprint density at radius 3 is 2.38 bits per heavy atom. The quantitative estimate of drug-likeness (QED) is 0.765. The van der Waals surface area contributed by atoms with Crippen molar-refractivity contribution in [2.45, 2.75) is 26.3 Å². The number of nitriles is 1. The molecule has 1 atom stereocenters. The van der Waals surface area contributed by atoms with Crippen LogP contribution in [0.15, 0.2) is 18.2 Å². The Kier molecular flexibility index (Phi) is 6.59. The maximum atomic E-state index is 12.0. The number of hydrogen-bond donors (Lipinski definition) is 1. The summed E-state index contributed by atoms with van der Waals surface area (Å²) in [7, 11) is 2.94. The average Bonchev–Trinajstić information content (AvgIpc) is 2.58. The Bertz CT molecular complexity index is 651. The first-order valence-corrected chi connectivity index (χ1v) is 7.38. The number of carbonyl (C=O) groups excluding carboxylic acids is 2. The lowest BCUT2D eigenvalue weighted by molar-refractivity contribution is -0.125. The van der Waals surface area contributed by atoms with E-state index in [1.165, 1.54) is 26.4 Å². The van der Waals surface area contributed by atoms with Gasteiger partial charge in [0, 0.05) is 0 Å². The van der Waals surface area contributed by atoms with Gasteiger partial charge in [-0.25, -0.2) is 4.79 Å². The highest BCUT2D eigenvalue weighted by Crippen LogP contribution is 2.27. The van der Waals surface area contributed by atoms with Crippen molar-refractivity contribution in [1.82, 2.24) is 5.32 Å². The first-order chi connectivity index (χ1) is 11.3. The first-order valence-electron chi connectivity index (χ1n) is 7.38. The summed E-state index contributed by atoms with van der Waals surface area (Å²) >= 11 is 0. The Morgan fingerprint density at radius 2 is 1.88 bits per heavy atom. The molecule has 1 N–H and O–H groups in total. The van der Waals surface area contributed by atoms with Crippen LogP contribution >= 0.6 is 0 Å². The number of benzene rings is 1. The van der Waals surface area contributed by atoms with Crippen LogP contribution in [0.1, 0.15) is 31.1 Å². The number of methoxy groups -OCH3 is 2. The molecule has 0 unspecified atom stereocenters. The summed E-state index contributed by atoms with van der Waals surface area (Å²) in [4.78, 5) is 23.9. The highest BCUT2D eigenvalue weighted by atomic mass is 16.5. The summed E-state index contributed by atoms with van der Waals surface area (Å²) in [5.74, 6) is -0.439. The molecule has 0 saturated carbocycles. The molecule has 0 aliphatic rings. The molecule has 0 aromatic heterocycles. The zero-order valence-corrected chi connectivity index (χ0v) is 14.5. The van der Waals surface area contributed by atoms with Gasteiger partial charge < -0.3 is 19.5 Å². The van der Waals surface area contributed by atoms with Crippen molar-refractivity contribution in [3.63, 3.8) is 0 Å². The van der Waals surface area contributed by atoms with Crippen LogP contribution in [0.25, 0.3) is 0 Å². The molecule has 1 rings (SSSR count). The highest BCUT2D eigenvalue weighted by molar-refractivity contribution is 5.92. The number of carbonyl (C=O) groups is 2. The molecule has 1 aromatic rings. The topological polar surface area (TPSA) is 97.6 Å². The van der Waals surface area contributed by atoms with Crippen LogP contribution < -0.4 is 14.8 Å². The molecule has 0 aliphatic carbocycles. The van der Waals surface area contributed by atoms with E-state index in [1.54, 1.807) is 13.0 Å². The van der Waals surface area contributed by atoms with E-state index in [9.17, 15) is 9.59 Å². The zero-order valence-electron chi connectivity index (χ0n) is 14.5. The van der Waals surface area contributed by atoms with E-state index >= 15 is 0 Å². The third-order valence-corrected chi connectivity index (χ3v) is 3.74. The number of nitrogens with zero attached hydrogens (tertiary/aromatic N) is 1. The summed E-state index contributed by atoms with van der Waals surface area (Å²) in [6.45, 7) is 4.78. The van der Waals surface area contributed by atoms with E-state index in [4.69, 9.17) is 19.5 Å². The monoisotopic (exact) mass is 334 g/mol. The van der Waals surface area contributed by atoms with Crippen LogP contribution in [0.2, 0.25) is 0 Å². The molecule has 0 spiro atoms. The average molecular weight is 334 g/mol. The van der Waals surface area contributed by atoms with Crippen LogP contribution in [0.3, 0.4) is 0 Å². The number of esters is 1. The van der Waals surface area contributed by atoms with Gasteiger partial charge in [-0.1, -0.05) is 13.8 Å². The van der Waals surface area contributed by atoms with E-state index in [2.05, 4.69) is 11.4 Å². The fourth-order valence-electron chi connectivity index (χ4n) is 1.80. The standard InChI is InChI=1S/C17H22N2O5/c1-11(2)17(3,10-18)19-15(20)9-24-16(21)12-6-7-13(22-4)14(8-12)23-5/h6-8,11H,9H2,1-5H3,(H,19,20)/t17-/m1/s1. The molecule has 0 aliphatic heterocycles. The van der Waals surface area contributed by atoms with Crippen LogP contribution in [-0.2, 0) is 9.53 Å². The number of nitrogens with one attached hydrogen (secondary N) is 1. The van der Waals surface area contributed by atoms with Gasteiger partial charge in [0.25, 0.3) is 5.91 Å². The van der Waals surface area contributed by atoms with Crippen molar-refractivity contribution in [3.8, 4) is 17.6 Å². The molecular formula is C17H22N2O5. The summed E-state index contributed by atoms with van der Waals surface area (Å²) in [5.41, 5.74) is -0.792. The summed E-state index contributed by atoms with van der Waals surface area (Å²) in [6.07, 6.45) is 0. The molecule has 0 radical (unpaired) electrons. The van der Waals surface area contributed by atoms with Crippen LogP contribution in [-0.4, -0.2) is 38.2 Å². The summed E-state index contributed by atoms with van der Waals surface area (Å²) in [6, 6.07) is 6.60. The second-order valence-electron chi connectivity index (χ2n) is 5.66. The molecule has 1 amide bonds. The lowest BCUT2D eigenvalue weighted by atomic mass is 9.90. The van der Waals surface area contributed by atoms with E-state index in [0.29, 0.717) is 11.5 Å². The number of amides is 1. The molecule has 0 heterocycles. The van der Waals surface area contributed by atoms with Gasteiger partial charge in [0.1, 0.15) is 5.54 Å². The second kappa shape index (κ2) is 8.20. The smallest absolute Gasteiger partial charge is 0.338 e. The van der Waals surface area contributed by atoms with E-state index in [0.717, 1.165) is 0 Å². The predicted octanol–water partition coefficient (Wildman–Crippen LogP) is 1.92. The molecule has 7 heteroatoms. The molecule has 0 saturated heterocycles. The minimum absolute atomic E-state index is 0.0898. The summed E-state index contributed by atoms with van der Waals surface area (Å²) < 4.78 is 15.2. The molecule has 1 aromatic carbocycles. The summed E-state index contributed by atoms with van der Waals surface area (Å²) in [5, 5.41) is 11.7. The van der Waals surface area contributed by atoms with Gasteiger partial charge in [-0.15, -0.1) is 0 Å². The van der Waals surface area contributed by atoms with Crippen molar-refractivity contribution < 1.29 is 23.8 Å². The van der Waals surface area contributed by atoms with Crippen LogP contribution in [0.5, 0.6) is 11.5 Å². The number of hydrogen-bond acceptors (Lipinski definition) is 6. The van der Waals surface area contributed by atoms with Gasteiger partial charge in [0.15, 0.2) is 18.1 Å². The third kappa shape index (κ3) is 4.62. The van der Waals surface area contributed by atoms with Gasteiger partial charge in [-0.2, -0.15) is 5.26 Å². The lowest BCUT2D eigenvalue weighted by Gasteiger charge is -2.27. The number of ether oxygens (including phenoxy) is 3. The normalized spacial score (nSPS) is 12.7. The van der Waals surface area contributed by atoms with E-state index in [-0.39, 0.29) is 11.5 Å².